The molecule has 0 aliphatic carbocycles. The molecule has 0 atom stereocenters. The van der Waals surface area contributed by atoms with E-state index in [4.69, 9.17) is 0 Å². The Labute approximate surface area is 112 Å². The first-order valence-corrected chi connectivity index (χ1v) is 6.20. The number of halogens is 1. The monoisotopic (exact) mass is 260 g/mol. The standard InChI is InChI=1S/C14H17FN4/c1-4-12-18-13(16-3)8-14(19-12)17-11-6-9(2)5-10(15)7-11/h5-8H,4H2,1-3H3,(H2,16,17,18,19). The summed E-state index contributed by atoms with van der Waals surface area (Å²) in [5.41, 5.74) is 1.54. The third-order valence-electron chi connectivity index (χ3n) is 2.66. The number of aryl methyl sites for hydroxylation is 2. The van der Waals surface area contributed by atoms with Gasteiger partial charge in [-0.15, -0.1) is 0 Å². The summed E-state index contributed by atoms with van der Waals surface area (Å²) >= 11 is 0. The Morgan fingerprint density at radius 3 is 2.47 bits per heavy atom. The van der Waals surface area contributed by atoms with Crippen LogP contribution in [0.4, 0.5) is 21.7 Å². The fourth-order valence-electron chi connectivity index (χ4n) is 1.80. The number of nitrogens with one attached hydrogen (secondary N) is 2. The molecule has 0 radical (unpaired) electrons. The molecular weight excluding hydrogens is 243 g/mol. The zero-order chi connectivity index (χ0) is 13.8. The van der Waals surface area contributed by atoms with E-state index in [1.807, 2.05) is 19.9 Å². The Kier molecular flexibility index (Phi) is 3.94. The molecule has 5 heteroatoms. The molecule has 0 amide bonds. The van der Waals surface area contributed by atoms with Crippen molar-refractivity contribution in [1.29, 1.82) is 0 Å². The first kappa shape index (κ1) is 13.3. The highest BCUT2D eigenvalue weighted by Crippen LogP contribution is 2.19. The van der Waals surface area contributed by atoms with Crippen molar-refractivity contribution in [3.8, 4) is 0 Å². The molecule has 4 nitrogen and oxygen atoms in total. The van der Waals surface area contributed by atoms with Crippen LogP contribution in [0.1, 0.15) is 18.3 Å². The third kappa shape index (κ3) is 3.40. The lowest BCUT2D eigenvalue weighted by molar-refractivity contribution is 0.627. The molecule has 1 aromatic heterocycles. The minimum Gasteiger partial charge on any atom is -0.373 e. The van der Waals surface area contributed by atoms with Crippen LogP contribution in [0.15, 0.2) is 24.3 Å². The van der Waals surface area contributed by atoms with Crippen molar-refractivity contribution in [2.75, 3.05) is 17.7 Å². The maximum atomic E-state index is 13.3. The highest BCUT2D eigenvalue weighted by atomic mass is 19.1. The molecule has 0 spiro atoms. The molecule has 100 valence electrons. The second-order valence-corrected chi connectivity index (χ2v) is 4.30. The maximum absolute atomic E-state index is 13.3. The van der Waals surface area contributed by atoms with Crippen LogP contribution in [0.3, 0.4) is 0 Å². The van der Waals surface area contributed by atoms with Crippen molar-refractivity contribution in [1.82, 2.24) is 9.97 Å². The van der Waals surface area contributed by atoms with Crippen molar-refractivity contribution >= 4 is 17.3 Å². The quantitative estimate of drug-likeness (QED) is 0.885. The molecule has 0 saturated carbocycles. The van der Waals surface area contributed by atoms with Gasteiger partial charge in [0.05, 0.1) is 0 Å². The van der Waals surface area contributed by atoms with Gasteiger partial charge in [0.15, 0.2) is 0 Å². The van der Waals surface area contributed by atoms with Gasteiger partial charge in [0.1, 0.15) is 23.3 Å². The first-order chi connectivity index (χ1) is 9.10. The lowest BCUT2D eigenvalue weighted by Gasteiger charge is -2.10. The number of anilines is 3. The van der Waals surface area contributed by atoms with Crippen LogP contribution in [0.25, 0.3) is 0 Å². The number of hydrogen-bond acceptors (Lipinski definition) is 4. The van der Waals surface area contributed by atoms with Gasteiger partial charge in [-0.2, -0.15) is 0 Å². The van der Waals surface area contributed by atoms with E-state index in [1.165, 1.54) is 12.1 Å². The molecule has 0 aliphatic rings. The molecule has 2 rings (SSSR count). The maximum Gasteiger partial charge on any atom is 0.136 e. The number of aromatic nitrogens is 2. The summed E-state index contributed by atoms with van der Waals surface area (Å²) < 4.78 is 13.3. The van der Waals surface area contributed by atoms with E-state index in [0.29, 0.717) is 11.5 Å². The molecule has 1 aromatic carbocycles. The van der Waals surface area contributed by atoms with E-state index < -0.39 is 0 Å². The van der Waals surface area contributed by atoms with Gasteiger partial charge in [0.2, 0.25) is 0 Å². The number of benzene rings is 1. The third-order valence-corrected chi connectivity index (χ3v) is 2.66. The number of hydrogen-bond donors (Lipinski definition) is 2. The molecule has 0 fully saturated rings. The van der Waals surface area contributed by atoms with E-state index in [1.54, 1.807) is 13.1 Å². The average molecular weight is 260 g/mol. The van der Waals surface area contributed by atoms with Gasteiger partial charge >= 0.3 is 0 Å². The summed E-state index contributed by atoms with van der Waals surface area (Å²) in [7, 11) is 1.80. The Hall–Kier alpha value is -2.17. The molecule has 0 aliphatic heterocycles. The summed E-state index contributed by atoms with van der Waals surface area (Å²) in [4.78, 5) is 8.68. The van der Waals surface area contributed by atoms with Gasteiger partial charge in [-0.1, -0.05) is 6.92 Å². The van der Waals surface area contributed by atoms with Gasteiger partial charge in [-0.05, 0) is 30.7 Å². The smallest absolute Gasteiger partial charge is 0.136 e. The van der Waals surface area contributed by atoms with Gasteiger partial charge in [0, 0.05) is 25.2 Å². The van der Waals surface area contributed by atoms with Crippen molar-refractivity contribution in [3.05, 3.63) is 41.5 Å². The SMILES string of the molecule is CCc1nc(NC)cc(Nc2cc(C)cc(F)c2)n1. The Morgan fingerprint density at radius 2 is 1.84 bits per heavy atom. The summed E-state index contributed by atoms with van der Waals surface area (Å²) in [5.74, 6) is 1.87. The second kappa shape index (κ2) is 5.65. The number of rotatable bonds is 4. The summed E-state index contributed by atoms with van der Waals surface area (Å²) in [5, 5.41) is 6.09. The molecular formula is C14H17FN4. The summed E-state index contributed by atoms with van der Waals surface area (Å²) in [6.07, 6.45) is 0.742. The Morgan fingerprint density at radius 1 is 1.11 bits per heavy atom. The Balaban J connectivity index is 2.31. The molecule has 2 aromatic rings. The van der Waals surface area contributed by atoms with Gasteiger partial charge < -0.3 is 10.6 Å². The van der Waals surface area contributed by atoms with E-state index in [9.17, 15) is 4.39 Å². The van der Waals surface area contributed by atoms with Gasteiger partial charge in [-0.3, -0.25) is 0 Å². The largest absolute Gasteiger partial charge is 0.373 e. The van der Waals surface area contributed by atoms with Crippen molar-refractivity contribution in [3.63, 3.8) is 0 Å². The normalized spacial score (nSPS) is 10.3. The fraction of sp³-hybridized carbons (Fsp3) is 0.286. The summed E-state index contributed by atoms with van der Waals surface area (Å²) in [6.45, 7) is 3.84. The van der Waals surface area contributed by atoms with E-state index in [0.717, 1.165) is 23.6 Å². The van der Waals surface area contributed by atoms with Crippen LogP contribution in [0.2, 0.25) is 0 Å². The first-order valence-electron chi connectivity index (χ1n) is 6.20. The summed E-state index contributed by atoms with van der Waals surface area (Å²) in [6, 6.07) is 6.59. The zero-order valence-electron chi connectivity index (χ0n) is 11.3. The predicted molar refractivity (Wildman–Crippen MR) is 75.4 cm³/mol. The number of nitrogens with zero attached hydrogens (tertiary/aromatic N) is 2. The fourth-order valence-corrected chi connectivity index (χ4v) is 1.80. The molecule has 2 N–H and O–H groups in total. The predicted octanol–water partition coefficient (Wildman–Crippen LogP) is 3.27. The molecule has 0 unspecified atom stereocenters. The van der Waals surface area contributed by atoms with Gasteiger partial charge in [-0.25, -0.2) is 14.4 Å². The molecule has 19 heavy (non-hydrogen) atoms. The van der Waals surface area contributed by atoms with Crippen LogP contribution in [0.5, 0.6) is 0 Å². The minimum atomic E-state index is -0.263. The van der Waals surface area contributed by atoms with Crippen LogP contribution in [-0.2, 0) is 6.42 Å². The van der Waals surface area contributed by atoms with E-state index in [-0.39, 0.29) is 5.82 Å². The topological polar surface area (TPSA) is 49.8 Å². The van der Waals surface area contributed by atoms with Gasteiger partial charge in [0.25, 0.3) is 0 Å². The van der Waals surface area contributed by atoms with Crippen LogP contribution >= 0.6 is 0 Å². The van der Waals surface area contributed by atoms with Crippen molar-refractivity contribution < 1.29 is 4.39 Å². The lowest BCUT2D eigenvalue weighted by atomic mass is 10.2. The van der Waals surface area contributed by atoms with Crippen LogP contribution < -0.4 is 10.6 Å². The zero-order valence-corrected chi connectivity index (χ0v) is 11.3. The van der Waals surface area contributed by atoms with Crippen molar-refractivity contribution in [2.45, 2.75) is 20.3 Å². The average Bonchev–Trinajstić information content (AvgIpc) is 2.37. The Bertz CT molecular complexity index is 541. The highest BCUT2D eigenvalue weighted by Gasteiger charge is 2.04. The molecule has 1 heterocycles. The van der Waals surface area contributed by atoms with E-state index >= 15 is 0 Å². The van der Waals surface area contributed by atoms with E-state index in [2.05, 4.69) is 20.6 Å². The van der Waals surface area contributed by atoms with Crippen LogP contribution in [0, 0.1) is 12.7 Å². The van der Waals surface area contributed by atoms with Crippen molar-refractivity contribution in [2.24, 2.45) is 0 Å². The van der Waals surface area contributed by atoms with Crippen LogP contribution in [-0.4, -0.2) is 17.0 Å². The highest BCUT2D eigenvalue weighted by molar-refractivity contribution is 5.60. The second-order valence-electron chi connectivity index (χ2n) is 4.30. The minimum absolute atomic E-state index is 0.263. The molecule has 0 saturated heterocycles. The lowest BCUT2D eigenvalue weighted by Crippen LogP contribution is -2.03. The molecule has 0 bridgehead atoms.